The fourth-order valence-electron chi connectivity index (χ4n) is 3.07. The van der Waals surface area contributed by atoms with Crippen LogP contribution in [0.15, 0.2) is 95.0 Å². The van der Waals surface area contributed by atoms with Gasteiger partial charge in [0.1, 0.15) is 0 Å². The van der Waals surface area contributed by atoms with Crippen molar-refractivity contribution in [3.63, 3.8) is 0 Å². The molecule has 0 aliphatic carbocycles. The third-order valence-electron chi connectivity index (χ3n) is 4.67. The molecule has 3 aromatic carbocycles. The summed E-state index contributed by atoms with van der Waals surface area (Å²) < 4.78 is 0. The quantitative estimate of drug-likeness (QED) is 0.455. The SMILES string of the molecule is CN(C)c1ccc(C=NNC2=NC(c3ccccc3)=C(c3ccccc3)NN2)cc1. The molecule has 6 heteroatoms. The molecule has 4 rings (SSSR count). The van der Waals surface area contributed by atoms with Gasteiger partial charge in [-0.2, -0.15) is 5.10 Å². The van der Waals surface area contributed by atoms with E-state index in [0.717, 1.165) is 33.8 Å². The molecule has 3 aromatic rings. The topological polar surface area (TPSA) is 64.0 Å². The number of benzene rings is 3. The fraction of sp³-hybridized carbons (Fsp3) is 0.0833. The summed E-state index contributed by atoms with van der Waals surface area (Å²) in [6.07, 6.45) is 1.77. The predicted molar refractivity (Wildman–Crippen MR) is 125 cm³/mol. The number of nitrogens with zero attached hydrogens (tertiary/aromatic N) is 3. The molecule has 0 radical (unpaired) electrons. The molecule has 3 N–H and O–H groups in total. The van der Waals surface area contributed by atoms with E-state index in [1.807, 2.05) is 74.8 Å². The average Bonchev–Trinajstić information content (AvgIpc) is 2.80. The molecule has 0 saturated carbocycles. The molecule has 0 bridgehead atoms. The molecule has 1 aliphatic rings. The number of hydrazine groups is 1. The van der Waals surface area contributed by atoms with Crippen molar-refractivity contribution in [2.75, 3.05) is 19.0 Å². The number of anilines is 1. The molecule has 0 spiro atoms. The largest absolute Gasteiger partial charge is 0.378 e. The van der Waals surface area contributed by atoms with Gasteiger partial charge in [0.2, 0.25) is 5.96 Å². The van der Waals surface area contributed by atoms with Crippen LogP contribution in [0.3, 0.4) is 0 Å². The Morgan fingerprint density at radius 1 is 0.800 bits per heavy atom. The van der Waals surface area contributed by atoms with Gasteiger partial charge in [-0.15, -0.1) is 0 Å². The second-order valence-electron chi connectivity index (χ2n) is 7.02. The number of hydrogen-bond acceptors (Lipinski definition) is 6. The Morgan fingerprint density at radius 3 is 2.07 bits per heavy atom. The number of rotatable bonds is 5. The molecule has 6 nitrogen and oxygen atoms in total. The zero-order chi connectivity index (χ0) is 20.8. The molecular weight excluding hydrogens is 372 g/mol. The van der Waals surface area contributed by atoms with Crippen LogP contribution in [0.2, 0.25) is 0 Å². The van der Waals surface area contributed by atoms with Gasteiger partial charge in [-0.3, -0.25) is 10.9 Å². The number of hydrazone groups is 1. The molecule has 0 fully saturated rings. The van der Waals surface area contributed by atoms with E-state index in [4.69, 9.17) is 4.99 Å². The molecule has 150 valence electrons. The Bertz CT molecular complexity index is 1070. The zero-order valence-electron chi connectivity index (χ0n) is 17.0. The van der Waals surface area contributed by atoms with Crippen LogP contribution in [0.25, 0.3) is 11.4 Å². The van der Waals surface area contributed by atoms with Crippen LogP contribution in [0.4, 0.5) is 5.69 Å². The third-order valence-corrected chi connectivity index (χ3v) is 4.67. The lowest BCUT2D eigenvalue weighted by molar-refractivity contribution is 0.779. The van der Waals surface area contributed by atoms with Crippen molar-refractivity contribution >= 4 is 29.3 Å². The molecule has 30 heavy (non-hydrogen) atoms. The molecule has 1 aliphatic heterocycles. The number of guanidine groups is 1. The van der Waals surface area contributed by atoms with Crippen molar-refractivity contribution < 1.29 is 0 Å². The summed E-state index contributed by atoms with van der Waals surface area (Å²) >= 11 is 0. The number of hydrogen-bond donors (Lipinski definition) is 3. The van der Waals surface area contributed by atoms with E-state index in [2.05, 4.69) is 50.5 Å². The predicted octanol–water partition coefficient (Wildman–Crippen LogP) is 3.67. The lowest BCUT2D eigenvalue weighted by Gasteiger charge is -2.22. The highest BCUT2D eigenvalue weighted by Gasteiger charge is 2.17. The van der Waals surface area contributed by atoms with Gasteiger partial charge in [0.15, 0.2) is 0 Å². The van der Waals surface area contributed by atoms with E-state index in [0.29, 0.717) is 5.96 Å². The van der Waals surface area contributed by atoms with Crippen LogP contribution in [-0.2, 0) is 0 Å². The van der Waals surface area contributed by atoms with Crippen molar-refractivity contribution in [3.05, 3.63) is 102 Å². The van der Waals surface area contributed by atoms with E-state index in [9.17, 15) is 0 Å². The molecule has 0 amide bonds. The molecular formula is C24H24N6. The second-order valence-corrected chi connectivity index (χ2v) is 7.02. The monoisotopic (exact) mass is 396 g/mol. The Hall–Kier alpha value is -4.06. The minimum atomic E-state index is 0.523. The summed E-state index contributed by atoms with van der Waals surface area (Å²) in [6, 6.07) is 28.4. The Kier molecular flexibility index (Phi) is 5.75. The summed E-state index contributed by atoms with van der Waals surface area (Å²) in [5.41, 5.74) is 15.3. The number of aliphatic imine (C=N–C) groups is 1. The van der Waals surface area contributed by atoms with Crippen molar-refractivity contribution in [3.8, 4) is 0 Å². The standard InChI is InChI=1S/C24H24N6/c1-30(2)21-15-13-18(14-16-21)17-25-28-24-26-22(19-9-5-3-6-10-19)23(27-29-24)20-11-7-4-8-12-20/h3-17,27H,1-2H3,(H2,26,28,29). The van der Waals surface area contributed by atoms with Gasteiger partial charge >= 0.3 is 0 Å². The summed E-state index contributed by atoms with van der Waals surface area (Å²) in [4.78, 5) is 6.83. The lowest BCUT2D eigenvalue weighted by atomic mass is 10.1. The average molecular weight is 396 g/mol. The highest BCUT2D eigenvalue weighted by Crippen LogP contribution is 2.26. The van der Waals surface area contributed by atoms with Gasteiger partial charge in [0.05, 0.1) is 17.6 Å². The summed E-state index contributed by atoms with van der Waals surface area (Å²) in [7, 11) is 4.04. The van der Waals surface area contributed by atoms with Crippen LogP contribution in [0, 0.1) is 0 Å². The summed E-state index contributed by atoms with van der Waals surface area (Å²) in [6.45, 7) is 0. The molecule has 1 heterocycles. The second kappa shape index (κ2) is 8.96. The smallest absolute Gasteiger partial charge is 0.236 e. The van der Waals surface area contributed by atoms with Gasteiger partial charge in [0, 0.05) is 30.9 Å². The first-order valence-electron chi connectivity index (χ1n) is 9.73. The van der Waals surface area contributed by atoms with Crippen LogP contribution in [0.1, 0.15) is 16.7 Å². The van der Waals surface area contributed by atoms with Crippen molar-refractivity contribution in [2.24, 2.45) is 10.1 Å². The summed E-state index contributed by atoms with van der Waals surface area (Å²) in [5, 5.41) is 4.32. The summed E-state index contributed by atoms with van der Waals surface area (Å²) in [5.74, 6) is 0.523. The van der Waals surface area contributed by atoms with Crippen molar-refractivity contribution in [1.82, 2.24) is 16.3 Å². The van der Waals surface area contributed by atoms with Gasteiger partial charge in [-0.1, -0.05) is 72.8 Å². The van der Waals surface area contributed by atoms with Crippen LogP contribution >= 0.6 is 0 Å². The first kappa shape index (κ1) is 19.3. The van der Waals surface area contributed by atoms with Crippen LogP contribution in [-0.4, -0.2) is 26.3 Å². The maximum absolute atomic E-state index is 4.77. The van der Waals surface area contributed by atoms with Crippen LogP contribution in [0.5, 0.6) is 0 Å². The van der Waals surface area contributed by atoms with Crippen LogP contribution < -0.4 is 21.2 Å². The molecule has 0 saturated heterocycles. The lowest BCUT2D eigenvalue weighted by Crippen LogP contribution is -2.45. The number of nitrogens with one attached hydrogen (secondary N) is 3. The van der Waals surface area contributed by atoms with Gasteiger partial charge in [-0.25, -0.2) is 10.4 Å². The van der Waals surface area contributed by atoms with E-state index in [-0.39, 0.29) is 0 Å². The van der Waals surface area contributed by atoms with Gasteiger partial charge in [-0.05, 0) is 17.7 Å². The first-order valence-corrected chi connectivity index (χ1v) is 9.73. The molecule has 0 aromatic heterocycles. The highest BCUT2D eigenvalue weighted by atomic mass is 15.5. The van der Waals surface area contributed by atoms with Crippen molar-refractivity contribution in [2.45, 2.75) is 0 Å². The Labute approximate surface area is 176 Å². The maximum atomic E-state index is 4.77. The maximum Gasteiger partial charge on any atom is 0.236 e. The van der Waals surface area contributed by atoms with E-state index in [1.165, 1.54) is 0 Å². The van der Waals surface area contributed by atoms with E-state index >= 15 is 0 Å². The Balaban J connectivity index is 1.57. The first-order chi connectivity index (χ1) is 14.7. The van der Waals surface area contributed by atoms with E-state index < -0.39 is 0 Å². The van der Waals surface area contributed by atoms with Gasteiger partial charge in [0.25, 0.3) is 0 Å². The normalized spacial score (nSPS) is 13.5. The minimum Gasteiger partial charge on any atom is -0.378 e. The van der Waals surface area contributed by atoms with E-state index in [1.54, 1.807) is 6.21 Å². The Morgan fingerprint density at radius 2 is 1.43 bits per heavy atom. The minimum absolute atomic E-state index is 0.523. The fourth-order valence-corrected chi connectivity index (χ4v) is 3.07. The third kappa shape index (κ3) is 4.50. The highest BCUT2D eigenvalue weighted by molar-refractivity contribution is 5.99. The zero-order valence-corrected chi connectivity index (χ0v) is 17.0. The van der Waals surface area contributed by atoms with Gasteiger partial charge < -0.3 is 4.90 Å². The molecule has 0 unspecified atom stereocenters. The molecule has 0 atom stereocenters. The van der Waals surface area contributed by atoms with Crippen molar-refractivity contribution in [1.29, 1.82) is 0 Å².